The van der Waals surface area contributed by atoms with Gasteiger partial charge in [0.05, 0.1) is 16.6 Å². The maximum absolute atomic E-state index is 5.25. The second-order valence-electron chi connectivity index (χ2n) is 14.9. The lowest BCUT2D eigenvalue weighted by molar-refractivity contribution is 1.32. The number of rotatable bonds is 7. The molecule has 3 heterocycles. The Labute approximate surface area is 347 Å². The van der Waals surface area contributed by atoms with Crippen molar-refractivity contribution in [1.29, 1.82) is 0 Å². The van der Waals surface area contributed by atoms with Gasteiger partial charge in [-0.1, -0.05) is 193 Å². The van der Waals surface area contributed by atoms with E-state index in [4.69, 9.17) is 4.98 Å². The number of aromatic nitrogens is 3. The van der Waals surface area contributed by atoms with E-state index in [0.717, 1.165) is 43.0 Å². The molecule has 11 rings (SSSR count). The van der Waals surface area contributed by atoms with Gasteiger partial charge < -0.3 is 0 Å². The van der Waals surface area contributed by atoms with Crippen molar-refractivity contribution in [2.75, 3.05) is 0 Å². The summed E-state index contributed by atoms with van der Waals surface area (Å²) in [6.07, 6.45) is 1.85. The smallest absolute Gasteiger partial charge is 0.197 e. The first-order valence-electron chi connectivity index (χ1n) is 20.0. The minimum atomic E-state index is 0.956. The van der Waals surface area contributed by atoms with E-state index in [2.05, 4.69) is 210 Å². The zero-order chi connectivity index (χ0) is 39.3. The van der Waals surface area contributed by atoms with Gasteiger partial charge in [0.1, 0.15) is 4.83 Å². The van der Waals surface area contributed by atoms with Gasteiger partial charge in [-0.2, -0.15) is 0 Å². The maximum Gasteiger partial charge on any atom is 0.197 e. The van der Waals surface area contributed by atoms with Gasteiger partial charge >= 0.3 is 0 Å². The Balaban J connectivity index is 1.26. The van der Waals surface area contributed by atoms with Crippen LogP contribution in [0.1, 0.15) is 5.56 Å². The molecule has 0 amide bonds. The molecule has 11 aromatic rings. The van der Waals surface area contributed by atoms with Crippen molar-refractivity contribution < 1.29 is 0 Å². The van der Waals surface area contributed by atoms with E-state index < -0.39 is 0 Å². The van der Waals surface area contributed by atoms with Gasteiger partial charge in [-0.15, -0.1) is 0 Å². The average molecular weight is 772 g/mol. The standard InChI is InChI=1S/C55H37N3S/c1-36-29-34-44-53(57-55-58(44)45-28-17-35-56-54(45)59-55)46(36)42-30-32-43(33-31-42)52-50(40-24-13-5-14-25-40)48(38-20-9-3-10-21-38)47(37-18-7-2-8-19-37)49(39-22-11-4-12-23-39)51(52)41-26-15-6-16-27-41/h2-35H,1H3. The summed E-state index contributed by atoms with van der Waals surface area (Å²) in [4.78, 5) is 11.8. The summed E-state index contributed by atoms with van der Waals surface area (Å²) < 4.78 is 2.25. The van der Waals surface area contributed by atoms with Gasteiger partial charge in [-0.05, 0) is 103 Å². The highest BCUT2D eigenvalue weighted by molar-refractivity contribution is 7.23. The molecular formula is C55H37N3S. The third kappa shape index (κ3) is 5.88. The number of fused-ring (bicyclic) bond motifs is 5. The molecule has 0 atom stereocenters. The lowest BCUT2D eigenvalue weighted by Gasteiger charge is -2.29. The van der Waals surface area contributed by atoms with Crippen LogP contribution in [0.15, 0.2) is 206 Å². The summed E-state index contributed by atoms with van der Waals surface area (Å²) >= 11 is 1.64. The number of imidazole rings is 1. The van der Waals surface area contributed by atoms with E-state index >= 15 is 0 Å². The van der Waals surface area contributed by atoms with E-state index in [1.54, 1.807) is 11.3 Å². The van der Waals surface area contributed by atoms with Crippen molar-refractivity contribution in [3.8, 4) is 77.9 Å². The average Bonchev–Trinajstić information content (AvgIpc) is 3.86. The largest absolute Gasteiger partial charge is 0.281 e. The fourth-order valence-electron chi connectivity index (χ4n) is 8.92. The molecule has 3 nitrogen and oxygen atoms in total. The molecule has 0 unspecified atom stereocenters. The summed E-state index contributed by atoms with van der Waals surface area (Å²) in [5.74, 6) is 0. The van der Waals surface area contributed by atoms with Crippen molar-refractivity contribution in [3.63, 3.8) is 0 Å². The molecule has 0 fully saturated rings. The molecule has 0 saturated carbocycles. The molecule has 0 radical (unpaired) electrons. The molecule has 0 saturated heterocycles. The molecule has 4 heteroatoms. The van der Waals surface area contributed by atoms with E-state index in [9.17, 15) is 0 Å². The fourth-order valence-corrected chi connectivity index (χ4v) is 9.89. The van der Waals surface area contributed by atoms with Crippen LogP contribution in [-0.4, -0.2) is 14.4 Å². The van der Waals surface area contributed by atoms with Gasteiger partial charge in [0, 0.05) is 11.8 Å². The summed E-state index contributed by atoms with van der Waals surface area (Å²) in [6.45, 7) is 2.19. The molecular weight excluding hydrogens is 735 g/mol. The first-order valence-corrected chi connectivity index (χ1v) is 20.8. The van der Waals surface area contributed by atoms with E-state index in [0.29, 0.717) is 0 Å². The lowest BCUT2D eigenvalue weighted by atomic mass is 9.74. The van der Waals surface area contributed by atoms with Gasteiger partial charge in [-0.25, -0.2) is 9.97 Å². The van der Waals surface area contributed by atoms with Gasteiger partial charge in [0.25, 0.3) is 0 Å². The number of hydrogen-bond donors (Lipinski definition) is 0. The Morgan fingerprint density at radius 2 is 0.729 bits per heavy atom. The van der Waals surface area contributed by atoms with E-state index in [1.807, 2.05) is 12.3 Å². The molecule has 0 aliphatic rings. The number of nitrogens with zero attached hydrogens (tertiary/aromatic N) is 3. The molecule has 0 aliphatic heterocycles. The molecule has 0 N–H and O–H groups in total. The zero-order valence-electron chi connectivity index (χ0n) is 32.4. The SMILES string of the molecule is Cc1ccc2c(nc3sc4ncccc4n32)c1-c1ccc(-c2c(-c3ccccc3)c(-c3ccccc3)c(-c3ccccc3)c(-c3ccccc3)c2-c2ccccc2)cc1. The molecule has 8 aromatic carbocycles. The van der Waals surface area contributed by atoms with Crippen LogP contribution >= 0.6 is 11.3 Å². The number of thiazole rings is 1. The van der Waals surface area contributed by atoms with Crippen LogP contribution in [0.4, 0.5) is 0 Å². The predicted molar refractivity (Wildman–Crippen MR) is 249 cm³/mol. The summed E-state index contributed by atoms with van der Waals surface area (Å²) in [5, 5.41) is 0. The molecule has 278 valence electrons. The second-order valence-corrected chi connectivity index (χ2v) is 15.9. The van der Waals surface area contributed by atoms with Gasteiger partial charge in [0.15, 0.2) is 4.96 Å². The van der Waals surface area contributed by atoms with E-state index in [1.165, 1.54) is 66.8 Å². The highest BCUT2D eigenvalue weighted by atomic mass is 32.1. The first kappa shape index (κ1) is 34.8. The Morgan fingerprint density at radius 3 is 1.14 bits per heavy atom. The number of hydrogen-bond acceptors (Lipinski definition) is 3. The van der Waals surface area contributed by atoms with Crippen LogP contribution in [0.25, 0.3) is 104 Å². The second kappa shape index (κ2) is 14.5. The van der Waals surface area contributed by atoms with Crippen molar-refractivity contribution in [1.82, 2.24) is 14.4 Å². The number of pyridine rings is 1. The van der Waals surface area contributed by atoms with E-state index in [-0.39, 0.29) is 0 Å². The quantitative estimate of drug-likeness (QED) is 0.162. The molecule has 59 heavy (non-hydrogen) atoms. The Bertz CT molecular complexity index is 3180. The van der Waals surface area contributed by atoms with Crippen molar-refractivity contribution in [2.24, 2.45) is 0 Å². The Morgan fingerprint density at radius 1 is 0.356 bits per heavy atom. The van der Waals surface area contributed by atoms with Crippen LogP contribution < -0.4 is 0 Å². The fraction of sp³-hybridized carbons (Fsp3) is 0.0182. The molecule has 0 bridgehead atoms. The Kier molecular flexibility index (Phi) is 8.57. The van der Waals surface area contributed by atoms with Crippen LogP contribution in [0, 0.1) is 6.92 Å². The summed E-state index contributed by atoms with van der Waals surface area (Å²) in [6, 6.07) is 72.5. The third-order valence-electron chi connectivity index (χ3n) is 11.5. The molecule has 0 spiro atoms. The van der Waals surface area contributed by atoms with Crippen LogP contribution in [-0.2, 0) is 0 Å². The summed E-state index contributed by atoms with van der Waals surface area (Å²) in [7, 11) is 0. The minimum Gasteiger partial charge on any atom is -0.281 e. The zero-order valence-corrected chi connectivity index (χ0v) is 33.2. The molecule has 0 aliphatic carbocycles. The highest BCUT2D eigenvalue weighted by Gasteiger charge is 2.29. The highest BCUT2D eigenvalue weighted by Crippen LogP contribution is 2.56. The predicted octanol–water partition coefficient (Wildman–Crippen LogP) is 15.1. The van der Waals surface area contributed by atoms with Crippen molar-refractivity contribution in [3.05, 3.63) is 212 Å². The minimum absolute atomic E-state index is 0.956. The van der Waals surface area contributed by atoms with Crippen molar-refractivity contribution in [2.45, 2.75) is 6.92 Å². The topological polar surface area (TPSA) is 30.2 Å². The number of benzene rings is 8. The van der Waals surface area contributed by atoms with Crippen LogP contribution in [0.2, 0.25) is 0 Å². The van der Waals surface area contributed by atoms with Crippen molar-refractivity contribution >= 4 is 37.7 Å². The number of aryl methyl sites for hydroxylation is 1. The molecule has 3 aromatic heterocycles. The summed E-state index contributed by atoms with van der Waals surface area (Å²) in [5.41, 5.74) is 20.9. The monoisotopic (exact) mass is 771 g/mol. The normalized spacial score (nSPS) is 11.5. The first-order chi connectivity index (χ1) is 29.2. The third-order valence-corrected chi connectivity index (χ3v) is 12.4. The van der Waals surface area contributed by atoms with Crippen LogP contribution in [0.5, 0.6) is 0 Å². The maximum atomic E-state index is 5.25. The lowest BCUT2D eigenvalue weighted by Crippen LogP contribution is -2.02. The van der Waals surface area contributed by atoms with Crippen LogP contribution in [0.3, 0.4) is 0 Å². The van der Waals surface area contributed by atoms with Gasteiger partial charge in [-0.3, -0.25) is 4.40 Å². The van der Waals surface area contributed by atoms with Gasteiger partial charge in [0.2, 0.25) is 0 Å². The Hall–Kier alpha value is -7.40.